The molecular formula is C17H25NO3. The SMILES string of the molecule is CC(C)CCOc1ccc(NC(=O)C2CCCC2O)cc1. The molecule has 0 radical (unpaired) electrons. The Balaban J connectivity index is 1.83. The zero-order valence-electron chi connectivity index (χ0n) is 12.8. The zero-order chi connectivity index (χ0) is 15.2. The number of aliphatic hydroxyl groups excluding tert-OH is 1. The molecule has 116 valence electrons. The minimum absolute atomic E-state index is 0.0894. The molecule has 4 nitrogen and oxygen atoms in total. The summed E-state index contributed by atoms with van der Waals surface area (Å²) in [7, 11) is 0. The van der Waals surface area contributed by atoms with Crippen LogP contribution in [0.4, 0.5) is 5.69 Å². The summed E-state index contributed by atoms with van der Waals surface area (Å²) < 4.78 is 5.64. The fourth-order valence-electron chi connectivity index (χ4n) is 2.53. The van der Waals surface area contributed by atoms with E-state index < -0.39 is 6.10 Å². The normalized spacial score (nSPS) is 21.5. The average Bonchev–Trinajstić information content (AvgIpc) is 2.87. The van der Waals surface area contributed by atoms with E-state index >= 15 is 0 Å². The molecule has 2 rings (SSSR count). The predicted molar refractivity (Wildman–Crippen MR) is 83.4 cm³/mol. The van der Waals surface area contributed by atoms with E-state index in [4.69, 9.17) is 4.74 Å². The molecule has 0 saturated heterocycles. The third-order valence-electron chi connectivity index (χ3n) is 3.90. The molecule has 21 heavy (non-hydrogen) atoms. The highest BCUT2D eigenvalue weighted by Gasteiger charge is 2.31. The fraction of sp³-hybridized carbons (Fsp3) is 0.588. The van der Waals surface area contributed by atoms with Crippen LogP contribution in [0.3, 0.4) is 0 Å². The van der Waals surface area contributed by atoms with E-state index in [9.17, 15) is 9.90 Å². The van der Waals surface area contributed by atoms with Crippen molar-refractivity contribution in [3.63, 3.8) is 0 Å². The van der Waals surface area contributed by atoms with Crippen LogP contribution in [0.15, 0.2) is 24.3 Å². The minimum Gasteiger partial charge on any atom is -0.494 e. The number of benzene rings is 1. The largest absolute Gasteiger partial charge is 0.494 e. The van der Waals surface area contributed by atoms with Gasteiger partial charge in [0.1, 0.15) is 5.75 Å². The Labute approximate surface area is 126 Å². The molecule has 0 aromatic heterocycles. The number of hydrogen-bond acceptors (Lipinski definition) is 3. The Morgan fingerprint density at radius 3 is 2.62 bits per heavy atom. The molecule has 1 aromatic rings. The van der Waals surface area contributed by atoms with Crippen LogP contribution in [0.5, 0.6) is 5.75 Å². The number of carbonyl (C=O) groups excluding carboxylic acids is 1. The first-order valence-electron chi connectivity index (χ1n) is 7.78. The maximum absolute atomic E-state index is 12.1. The number of aliphatic hydroxyl groups is 1. The van der Waals surface area contributed by atoms with Gasteiger partial charge < -0.3 is 15.2 Å². The van der Waals surface area contributed by atoms with Crippen LogP contribution in [0, 0.1) is 11.8 Å². The maximum atomic E-state index is 12.1. The van der Waals surface area contributed by atoms with Crippen molar-refractivity contribution in [1.29, 1.82) is 0 Å². The molecule has 4 heteroatoms. The first kappa shape index (κ1) is 15.8. The summed E-state index contributed by atoms with van der Waals surface area (Å²) >= 11 is 0. The molecule has 2 unspecified atom stereocenters. The first-order valence-corrected chi connectivity index (χ1v) is 7.78. The van der Waals surface area contributed by atoms with Gasteiger partial charge in [-0.15, -0.1) is 0 Å². The molecule has 0 aliphatic heterocycles. The van der Waals surface area contributed by atoms with E-state index in [1.54, 1.807) is 0 Å². The average molecular weight is 291 g/mol. The van der Waals surface area contributed by atoms with Crippen LogP contribution in [0.2, 0.25) is 0 Å². The molecule has 0 spiro atoms. The van der Waals surface area contributed by atoms with Gasteiger partial charge in [0.05, 0.1) is 18.6 Å². The van der Waals surface area contributed by atoms with Crippen molar-refractivity contribution < 1.29 is 14.6 Å². The Bertz CT molecular complexity index is 456. The number of ether oxygens (including phenoxy) is 1. The number of anilines is 1. The van der Waals surface area contributed by atoms with E-state index in [1.807, 2.05) is 24.3 Å². The third-order valence-corrected chi connectivity index (χ3v) is 3.90. The standard InChI is InChI=1S/C17H25NO3/c1-12(2)10-11-21-14-8-6-13(7-9-14)18-17(20)15-4-3-5-16(15)19/h6-9,12,15-16,19H,3-5,10-11H2,1-2H3,(H,18,20). The lowest BCUT2D eigenvalue weighted by molar-refractivity contribution is -0.122. The quantitative estimate of drug-likeness (QED) is 0.846. The molecule has 0 heterocycles. The van der Waals surface area contributed by atoms with Gasteiger partial charge in [-0.1, -0.05) is 13.8 Å². The number of carbonyl (C=O) groups is 1. The van der Waals surface area contributed by atoms with Gasteiger partial charge in [0.15, 0.2) is 0 Å². The number of amides is 1. The first-order chi connectivity index (χ1) is 10.1. The highest BCUT2D eigenvalue weighted by molar-refractivity contribution is 5.93. The molecule has 1 aromatic carbocycles. The molecule has 1 fully saturated rings. The molecule has 2 atom stereocenters. The van der Waals surface area contributed by atoms with Crippen LogP contribution in [-0.2, 0) is 4.79 Å². The fourth-order valence-corrected chi connectivity index (χ4v) is 2.53. The topological polar surface area (TPSA) is 58.6 Å². The lowest BCUT2D eigenvalue weighted by Crippen LogP contribution is -2.28. The summed E-state index contributed by atoms with van der Waals surface area (Å²) in [6, 6.07) is 7.40. The van der Waals surface area contributed by atoms with E-state index in [-0.39, 0.29) is 11.8 Å². The monoisotopic (exact) mass is 291 g/mol. The lowest BCUT2D eigenvalue weighted by atomic mass is 10.1. The third kappa shape index (κ3) is 4.74. The van der Waals surface area contributed by atoms with Crippen molar-refractivity contribution >= 4 is 11.6 Å². The van der Waals surface area contributed by atoms with Gasteiger partial charge in [0.25, 0.3) is 0 Å². The van der Waals surface area contributed by atoms with Gasteiger partial charge in [-0.05, 0) is 55.9 Å². The van der Waals surface area contributed by atoms with Crippen molar-refractivity contribution in [2.75, 3.05) is 11.9 Å². The molecular weight excluding hydrogens is 266 g/mol. The van der Waals surface area contributed by atoms with Gasteiger partial charge in [-0.2, -0.15) is 0 Å². The van der Waals surface area contributed by atoms with Crippen molar-refractivity contribution in [1.82, 2.24) is 0 Å². The smallest absolute Gasteiger partial charge is 0.230 e. The van der Waals surface area contributed by atoms with Crippen LogP contribution in [-0.4, -0.2) is 23.7 Å². The van der Waals surface area contributed by atoms with Crippen molar-refractivity contribution in [3.8, 4) is 5.75 Å². The second-order valence-corrected chi connectivity index (χ2v) is 6.15. The number of rotatable bonds is 6. The van der Waals surface area contributed by atoms with E-state index in [0.717, 1.165) is 37.1 Å². The van der Waals surface area contributed by atoms with Gasteiger partial charge in [0.2, 0.25) is 5.91 Å². The number of hydrogen-bond donors (Lipinski definition) is 2. The minimum atomic E-state index is -0.497. The van der Waals surface area contributed by atoms with Gasteiger partial charge >= 0.3 is 0 Å². The molecule has 1 aliphatic rings. The highest BCUT2D eigenvalue weighted by atomic mass is 16.5. The van der Waals surface area contributed by atoms with Gasteiger partial charge in [-0.3, -0.25) is 4.79 Å². The summed E-state index contributed by atoms with van der Waals surface area (Å²) in [6.45, 7) is 5.04. The Morgan fingerprint density at radius 2 is 2.05 bits per heavy atom. The Kier molecular flexibility index (Phi) is 5.62. The molecule has 1 amide bonds. The van der Waals surface area contributed by atoms with Crippen molar-refractivity contribution in [2.45, 2.75) is 45.6 Å². The number of nitrogens with one attached hydrogen (secondary N) is 1. The van der Waals surface area contributed by atoms with Gasteiger partial charge in [0, 0.05) is 5.69 Å². The van der Waals surface area contributed by atoms with Crippen LogP contribution >= 0.6 is 0 Å². The molecule has 1 saturated carbocycles. The predicted octanol–water partition coefficient (Wildman–Crippen LogP) is 3.21. The zero-order valence-corrected chi connectivity index (χ0v) is 12.8. The molecule has 2 N–H and O–H groups in total. The lowest BCUT2D eigenvalue weighted by Gasteiger charge is -2.14. The summed E-state index contributed by atoms with van der Waals surface area (Å²) in [5, 5.41) is 12.6. The summed E-state index contributed by atoms with van der Waals surface area (Å²) in [5.41, 5.74) is 0.746. The van der Waals surface area contributed by atoms with Crippen molar-refractivity contribution in [2.24, 2.45) is 11.8 Å². The van der Waals surface area contributed by atoms with Crippen molar-refractivity contribution in [3.05, 3.63) is 24.3 Å². The van der Waals surface area contributed by atoms with Crippen LogP contribution in [0.1, 0.15) is 39.5 Å². The molecule has 1 aliphatic carbocycles. The summed E-state index contributed by atoms with van der Waals surface area (Å²) in [6.07, 6.45) is 2.94. The molecule has 0 bridgehead atoms. The van der Waals surface area contributed by atoms with Crippen LogP contribution in [0.25, 0.3) is 0 Å². The van der Waals surface area contributed by atoms with E-state index in [2.05, 4.69) is 19.2 Å². The van der Waals surface area contributed by atoms with E-state index in [1.165, 1.54) is 0 Å². The summed E-state index contributed by atoms with van der Waals surface area (Å²) in [5.74, 6) is 1.08. The highest BCUT2D eigenvalue weighted by Crippen LogP contribution is 2.27. The Morgan fingerprint density at radius 1 is 1.33 bits per heavy atom. The van der Waals surface area contributed by atoms with E-state index in [0.29, 0.717) is 12.5 Å². The Hall–Kier alpha value is -1.55. The second-order valence-electron chi connectivity index (χ2n) is 6.15. The maximum Gasteiger partial charge on any atom is 0.230 e. The second kappa shape index (κ2) is 7.46. The summed E-state index contributed by atoms with van der Waals surface area (Å²) in [4.78, 5) is 12.1. The van der Waals surface area contributed by atoms with Gasteiger partial charge in [-0.25, -0.2) is 0 Å². The van der Waals surface area contributed by atoms with Crippen LogP contribution < -0.4 is 10.1 Å².